The molecule has 0 saturated carbocycles. The molecular weight excluding hydrogens is 380 g/mol. The predicted octanol–water partition coefficient (Wildman–Crippen LogP) is 1.76. The highest BCUT2D eigenvalue weighted by atomic mass is 32.2. The SMILES string of the molecule is CCn1c(SCC(=O)Nc2ccccc2C(=O)[O-])nnc1-c1ccccc1O. The molecule has 3 aromatic rings. The second-order valence-electron chi connectivity index (χ2n) is 5.74. The Kier molecular flexibility index (Phi) is 5.95. The van der Waals surface area contributed by atoms with E-state index in [1.165, 1.54) is 23.9 Å². The molecule has 1 heterocycles. The van der Waals surface area contributed by atoms with E-state index in [1.54, 1.807) is 41.0 Å². The van der Waals surface area contributed by atoms with Crippen LogP contribution in [0.1, 0.15) is 17.3 Å². The molecule has 0 radical (unpaired) electrons. The van der Waals surface area contributed by atoms with Crippen LogP contribution in [0.5, 0.6) is 5.75 Å². The number of aromatic nitrogens is 3. The molecule has 0 atom stereocenters. The normalized spacial score (nSPS) is 10.6. The van der Waals surface area contributed by atoms with Crippen LogP contribution >= 0.6 is 11.8 Å². The highest BCUT2D eigenvalue weighted by Crippen LogP contribution is 2.30. The first-order chi connectivity index (χ1) is 13.5. The lowest BCUT2D eigenvalue weighted by atomic mass is 10.2. The maximum absolute atomic E-state index is 12.2. The van der Waals surface area contributed by atoms with E-state index in [2.05, 4.69) is 15.5 Å². The van der Waals surface area contributed by atoms with Gasteiger partial charge in [-0.15, -0.1) is 10.2 Å². The number of aromatic carboxylic acids is 1. The van der Waals surface area contributed by atoms with E-state index in [-0.39, 0.29) is 28.7 Å². The number of phenols is 1. The van der Waals surface area contributed by atoms with E-state index >= 15 is 0 Å². The van der Waals surface area contributed by atoms with Crippen molar-refractivity contribution >= 4 is 29.3 Å². The van der Waals surface area contributed by atoms with Gasteiger partial charge in [-0.1, -0.05) is 42.1 Å². The Morgan fingerprint density at radius 1 is 1.14 bits per heavy atom. The minimum absolute atomic E-state index is 0.0142. The van der Waals surface area contributed by atoms with Crippen molar-refractivity contribution in [1.29, 1.82) is 0 Å². The maximum Gasteiger partial charge on any atom is 0.234 e. The van der Waals surface area contributed by atoms with Gasteiger partial charge < -0.3 is 24.9 Å². The number of amides is 1. The summed E-state index contributed by atoms with van der Waals surface area (Å²) in [6.07, 6.45) is 0. The van der Waals surface area contributed by atoms with E-state index in [9.17, 15) is 19.8 Å². The van der Waals surface area contributed by atoms with E-state index in [1.807, 2.05) is 6.92 Å². The van der Waals surface area contributed by atoms with Crippen LogP contribution in [0.2, 0.25) is 0 Å². The zero-order valence-electron chi connectivity index (χ0n) is 15.0. The second kappa shape index (κ2) is 8.57. The summed E-state index contributed by atoms with van der Waals surface area (Å²) in [5.41, 5.74) is 0.649. The van der Waals surface area contributed by atoms with Crippen LogP contribution in [-0.4, -0.2) is 37.5 Å². The Labute approximate surface area is 165 Å². The van der Waals surface area contributed by atoms with Crippen molar-refractivity contribution in [3.63, 3.8) is 0 Å². The van der Waals surface area contributed by atoms with Gasteiger partial charge >= 0.3 is 0 Å². The Balaban J connectivity index is 1.73. The number of carbonyl (C=O) groups is 2. The van der Waals surface area contributed by atoms with Crippen molar-refractivity contribution in [2.75, 3.05) is 11.1 Å². The number of nitrogens with zero attached hydrogens (tertiary/aromatic N) is 3. The summed E-state index contributed by atoms with van der Waals surface area (Å²) in [6.45, 7) is 2.46. The number of carbonyl (C=O) groups excluding carboxylic acids is 2. The highest BCUT2D eigenvalue weighted by Gasteiger charge is 2.17. The third-order valence-electron chi connectivity index (χ3n) is 3.93. The summed E-state index contributed by atoms with van der Waals surface area (Å²) >= 11 is 1.17. The zero-order valence-corrected chi connectivity index (χ0v) is 15.8. The van der Waals surface area contributed by atoms with Crippen molar-refractivity contribution in [1.82, 2.24) is 14.8 Å². The molecule has 0 aliphatic carbocycles. The molecule has 2 aromatic carbocycles. The molecule has 8 nitrogen and oxygen atoms in total. The summed E-state index contributed by atoms with van der Waals surface area (Å²) in [7, 11) is 0. The number of thioether (sulfide) groups is 1. The topological polar surface area (TPSA) is 120 Å². The number of para-hydroxylation sites is 2. The standard InChI is InChI=1S/C19H18N4O4S/c1-2-23-17(13-8-4-6-10-15(13)24)21-22-19(23)28-11-16(25)20-14-9-5-3-7-12(14)18(26)27/h3-10,24H,2,11H2,1H3,(H,20,25)(H,26,27)/p-1. The maximum atomic E-state index is 12.2. The molecule has 0 fully saturated rings. The molecule has 0 saturated heterocycles. The number of anilines is 1. The van der Waals surface area contributed by atoms with E-state index in [4.69, 9.17) is 0 Å². The highest BCUT2D eigenvalue weighted by molar-refractivity contribution is 7.99. The predicted molar refractivity (Wildman–Crippen MR) is 103 cm³/mol. The molecule has 3 rings (SSSR count). The van der Waals surface area contributed by atoms with Crippen LogP contribution in [0.3, 0.4) is 0 Å². The van der Waals surface area contributed by atoms with Crippen LogP contribution in [0.4, 0.5) is 5.69 Å². The fourth-order valence-corrected chi connectivity index (χ4v) is 3.43. The summed E-state index contributed by atoms with van der Waals surface area (Å²) in [6, 6.07) is 12.9. The van der Waals surface area contributed by atoms with E-state index in [0.717, 1.165) is 0 Å². The minimum Gasteiger partial charge on any atom is -0.545 e. The molecule has 1 amide bonds. The Morgan fingerprint density at radius 3 is 2.57 bits per heavy atom. The number of hydrogen-bond donors (Lipinski definition) is 2. The van der Waals surface area contributed by atoms with Crippen LogP contribution in [0.15, 0.2) is 53.7 Å². The zero-order chi connectivity index (χ0) is 20.1. The largest absolute Gasteiger partial charge is 0.545 e. The molecule has 0 bridgehead atoms. The van der Waals surface area contributed by atoms with Gasteiger partial charge in [0.2, 0.25) is 5.91 Å². The number of rotatable bonds is 7. The van der Waals surface area contributed by atoms with Crippen LogP contribution in [0.25, 0.3) is 11.4 Å². The van der Waals surface area contributed by atoms with Gasteiger partial charge in [-0.25, -0.2) is 0 Å². The van der Waals surface area contributed by atoms with Crippen LogP contribution < -0.4 is 10.4 Å². The summed E-state index contributed by atoms with van der Waals surface area (Å²) < 4.78 is 1.79. The number of phenolic OH excluding ortho intramolecular Hbond substituents is 1. The fourth-order valence-electron chi connectivity index (χ4n) is 2.63. The van der Waals surface area contributed by atoms with E-state index in [0.29, 0.717) is 23.1 Å². The van der Waals surface area contributed by atoms with Crippen molar-refractivity contribution in [3.8, 4) is 17.1 Å². The molecule has 144 valence electrons. The van der Waals surface area contributed by atoms with Crippen molar-refractivity contribution < 1.29 is 19.8 Å². The van der Waals surface area contributed by atoms with Gasteiger partial charge in [0.05, 0.1) is 17.3 Å². The molecule has 0 unspecified atom stereocenters. The van der Waals surface area contributed by atoms with Gasteiger partial charge in [0.1, 0.15) is 5.75 Å². The van der Waals surface area contributed by atoms with Gasteiger partial charge in [0, 0.05) is 17.8 Å². The lowest BCUT2D eigenvalue weighted by Crippen LogP contribution is -2.25. The molecule has 0 spiro atoms. The molecule has 2 N–H and O–H groups in total. The Morgan fingerprint density at radius 2 is 1.86 bits per heavy atom. The number of benzene rings is 2. The monoisotopic (exact) mass is 397 g/mol. The third-order valence-corrected chi connectivity index (χ3v) is 4.90. The second-order valence-corrected chi connectivity index (χ2v) is 6.68. The average Bonchev–Trinajstić information content (AvgIpc) is 3.09. The number of carboxylic acids is 1. The first-order valence-corrected chi connectivity index (χ1v) is 9.44. The van der Waals surface area contributed by atoms with Gasteiger partial charge in [-0.3, -0.25) is 4.79 Å². The summed E-state index contributed by atoms with van der Waals surface area (Å²) in [4.78, 5) is 23.4. The number of nitrogens with one attached hydrogen (secondary N) is 1. The molecule has 1 aromatic heterocycles. The molecule has 0 aliphatic rings. The van der Waals surface area contributed by atoms with Gasteiger partial charge in [-0.05, 0) is 25.1 Å². The fraction of sp³-hybridized carbons (Fsp3) is 0.158. The van der Waals surface area contributed by atoms with Gasteiger partial charge in [0.15, 0.2) is 11.0 Å². The van der Waals surface area contributed by atoms with E-state index < -0.39 is 5.97 Å². The molecule has 28 heavy (non-hydrogen) atoms. The van der Waals surface area contributed by atoms with Crippen LogP contribution in [0, 0.1) is 0 Å². The van der Waals surface area contributed by atoms with Crippen LogP contribution in [-0.2, 0) is 11.3 Å². The molecular formula is C19H17N4O4S-. The first-order valence-electron chi connectivity index (χ1n) is 8.45. The Bertz CT molecular complexity index is 1020. The Hall–Kier alpha value is -3.33. The number of aromatic hydroxyl groups is 1. The van der Waals surface area contributed by atoms with Gasteiger partial charge in [0.25, 0.3) is 0 Å². The minimum atomic E-state index is -1.36. The lowest BCUT2D eigenvalue weighted by molar-refractivity contribution is -0.254. The summed E-state index contributed by atoms with van der Waals surface area (Å²) in [5.74, 6) is -1.13. The van der Waals surface area contributed by atoms with Gasteiger partial charge in [-0.2, -0.15) is 0 Å². The van der Waals surface area contributed by atoms with Crippen molar-refractivity contribution in [2.45, 2.75) is 18.6 Å². The summed E-state index contributed by atoms with van der Waals surface area (Å²) in [5, 5.41) is 32.5. The number of hydrogen-bond acceptors (Lipinski definition) is 7. The smallest absolute Gasteiger partial charge is 0.234 e. The lowest BCUT2D eigenvalue weighted by Gasteiger charge is -2.11. The van der Waals surface area contributed by atoms with Crippen molar-refractivity contribution in [3.05, 3.63) is 54.1 Å². The quantitative estimate of drug-likeness (QED) is 0.583. The average molecular weight is 397 g/mol. The first kappa shape index (κ1) is 19.4. The number of carboxylic acid groups (broad SMARTS) is 1. The molecule has 0 aliphatic heterocycles. The van der Waals surface area contributed by atoms with Crippen molar-refractivity contribution in [2.24, 2.45) is 0 Å². The molecule has 9 heteroatoms. The third kappa shape index (κ3) is 4.15.